The molecule has 0 radical (unpaired) electrons. The van der Waals surface area contributed by atoms with Crippen molar-refractivity contribution in [1.29, 1.82) is 0 Å². The quantitative estimate of drug-likeness (QED) is 0.594. The van der Waals surface area contributed by atoms with Crippen LogP contribution >= 0.6 is 11.8 Å². The summed E-state index contributed by atoms with van der Waals surface area (Å²) in [7, 11) is 1.64. The molecule has 29 heavy (non-hydrogen) atoms. The zero-order chi connectivity index (χ0) is 20.1. The van der Waals surface area contributed by atoms with Crippen molar-refractivity contribution >= 4 is 29.0 Å². The lowest BCUT2D eigenvalue weighted by molar-refractivity contribution is -0.113. The van der Waals surface area contributed by atoms with Gasteiger partial charge in [0.15, 0.2) is 5.16 Å². The fraction of sp³-hybridized carbons (Fsp3) is 0.273. The summed E-state index contributed by atoms with van der Waals surface area (Å²) in [6.07, 6.45) is 6.13. The molecule has 1 aliphatic heterocycles. The second kappa shape index (κ2) is 9.05. The monoisotopic (exact) mass is 408 g/mol. The van der Waals surface area contributed by atoms with Gasteiger partial charge in [-0.05, 0) is 61.4 Å². The topological polar surface area (TPSA) is 59.4 Å². The molecule has 2 aromatic carbocycles. The molecule has 0 bridgehead atoms. The molecule has 0 aliphatic carbocycles. The number of methoxy groups -OCH3 is 1. The molecule has 1 saturated heterocycles. The number of thioether (sulfide) groups is 1. The summed E-state index contributed by atoms with van der Waals surface area (Å²) in [4.78, 5) is 19.1. The van der Waals surface area contributed by atoms with E-state index in [2.05, 4.69) is 27.3 Å². The van der Waals surface area contributed by atoms with Crippen molar-refractivity contribution in [2.24, 2.45) is 0 Å². The van der Waals surface area contributed by atoms with Crippen molar-refractivity contribution in [2.45, 2.75) is 18.0 Å². The van der Waals surface area contributed by atoms with Crippen LogP contribution in [0.2, 0.25) is 0 Å². The Kier molecular flexibility index (Phi) is 6.05. The lowest BCUT2D eigenvalue weighted by atomic mass is 10.2. The van der Waals surface area contributed by atoms with Crippen molar-refractivity contribution in [3.63, 3.8) is 0 Å². The Bertz CT molecular complexity index is 948. The second-order valence-corrected chi connectivity index (χ2v) is 7.80. The fourth-order valence-corrected chi connectivity index (χ4v) is 4.17. The number of nitrogens with zero attached hydrogens (tertiary/aromatic N) is 3. The number of anilines is 2. The minimum absolute atomic E-state index is 0.0480. The lowest BCUT2D eigenvalue weighted by Gasteiger charge is -2.17. The van der Waals surface area contributed by atoms with E-state index < -0.39 is 0 Å². The second-order valence-electron chi connectivity index (χ2n) is 6.86. The van der Waals surface area contributed by atoms with Crippen LogP contribution in [0.15, 0.2) is 66.1 Å². The highest BCUT2D eigenvalue weighted by atomic mass is 32.2. The average Bonchev–Trinajstić information content (AvgIpc) is 3.45. The summed E-state index contributed by atoms with van der Waals surface area (Å²) < 4.78 is 7.16. The van der Waals surface area contributed by atoms with E-state index in [4.69, 9.17) is 4.74 Å². The van der Waals surface area contributed by atoms with Gasteiger partial charge >= 0.3 is 0 Å². The highest BCUT2D eigenvalue weighted by Crippen LogP contribution is 2.24. The molecule has 7 heteroatoms. The third kappa shape index (κ3) is 4.74. The summed E-state index contributed by atoms with van der Waals surface area (Å²) in [6, 6.07) is 15.8. The van der Waals surface area contributed by atoms with E-state index in [9.17, 15) is 4.79 Å². The van der Waals surface area contributed by atoms with Crippen LogP contribution in [0.4, 0.5) is 11.4 Å². The summed E-state index contributed by atoms with van der Waals surface area (Å²) in [5.74, 6) is 1.05. The van der Waals surface area contributed by atoms with Crippen LogP contribution in [0, 0.1) is 0 Å². The molecule has 1 aliphatic rings. The molecule has 6 nitrogen and oxygen atoms in total. The van der Waals surface area contributed by atoms with Crippen molar-refractivity contribution in [3.05, 3.63) is 60.9 Å². The maximum Gasteiger partial charge on any atom is 0.234 e. The molecule has 1 fully saturated rings. The van der Waals surface area contributed by atoms with Crippen molar-refractivity contribution in [3.8, 4) is 11.4 Å². The molecule has 1 amide bonds. The smallest absolute Gasteiger partial charge is 0.234 e. The Morgan fingerprint density at radius 1 is 1.07 bits per heavy atom. The summed E-state index contributed by atoms with van der Waals surface area (Å²) in [5.41, 5.74) is 3.01. The van der Waals surface area contributed by atoms with Gasteiger partial charge in [-0.2, -0.15) is 0 Å². The number of ether oxygens (including phenoxy) is 1. The third-order valence-corrected chi connectivity index (χ3v) is 5.88. The first-order valence-electron chi connectivity index (χ1n) is 9.68. The molecule has 0 spiro atoms. The van der Waals surface area contributed by atoms with Gasteiger partial charge in [0.2, 0.25) is 5.91 Å². The normalized spacial score (nSPS) is 13.5. The van der Waals surface area contributed by atoms with Crippen LogP contribution < -0.4 is 15.0 Å². The number of carbonyl (C=O) groups excluding carboxylic acids is 1. The third-order valence-electron chi connectivity index (χ3n) is 4.91. The Morgan fingerprint density at radius 2 is 1.76 bits per heavy atom. The maximum atomic E-state index is 12.4. The van der Waals surface area contributed by atoms with Crippen LogP contribution in [0.1, 0.15) is 12.8 Å². The van der Waals surface area contributed by atoms with Crippen LogP contribution in [0.25, 0.3) is 5.69 Å². The van der Waals surface area contributed by atoms with Gasteiger partial charge in [-0.15, -0.1) is 0 Å². The van der Waals surface area contributed by atoms with Gasteiger partial charge < -0.3 is 15.0 Å². The zero-order valence-electron chi connectivity index (χ0n) is 16.4. The summed E-state index contributed by atoms with van der Waals surface area (Å²) in [5, 5.41) is 3.74. The van der Waals surface area contributed by atoms with Crippen molar-refractivity contribution in [1.82, 2.24) is 9.55 Å². The number of hydrogen-bond donors (Lipinski definition) is 1. The molecule has 150 valence electrons. The fourth-order valence-electron chi connectivity index (χ4n) is 3.39. The molecular formula is C22H24N4O2S. The maximum absolute atomic E-state index is 12.4. The Morgan fingerprint density at radius 3 is 2.45 bits per heavy atom. The van der Waals surface area contributed by atoms with Gasteiger partial charge in [0, 0.05) is 42.5 Å². The van der Waals surface area contributed by atoms with E-state index in [0.29, 0.717) is 5.75 Å². The van der Waals surface area contributed by atoms with Crippen LogP contribution in [0.3, 0.4) is 0 Å². The molecule has 0 saturated carbocycles. The molecule has 2 heterocycles. The van der Waals surface area contributed by atoms with Crippen molar-refractivity contribution in [2.75, 3.05) is 36.2 Å². The number of aromatic nitrogens is 2. The van der Waals surface area contributed by atoms with Gasteiger partial charge in [0.05, 0.1) is 12.9 Å². The van der Waals surface area contributed by atoms with E-state index in [1.165, 1.54) is 30.3 Å². The number of rotatable bonds is 7. The van der Waals surface area contributed by atoms with E-state index in [0.717, 1.165) is 35.4 Å². The van der Waals surface area contributed by atoms with Gasteiger partial charge in [-0.3, -0.25) is 9.36 Å². The number of nitrogens with one attached hydrogen (secondary N) is 1. The molecule has 4 rings (SSSR count). The van der Waals surface area contributed by atoms with E-state index in [-0.39, 0.29) is 5.91 Å². The van der Waals surface area contributed by atoms with E-state index >= 15 is 0 Å². The number of hydrogen-bond acceptors (Lipinski definition) is 5. The van der Waals surface area contributed by atoms with E-state index in [1.54, 1.807) is 13.3 Å². The average molecular weight is 409 g/mol. The minimum atomic E-state index is -0.0480. The SMILES string of the molecule is COc1ccc(-n2ccnc2SCC(=O)Nc2ccc(N3CCCC3)cc2)cc1. The number of carbonyl (C=O) groups is 1. The minimum Gasteiger partial charge on any atom is -0.497 e. The molecule has 1 N–H and O–H groups in total. The van der Waals surface area contributed by atoms with E-state index in [1.807, 2.05) is 47.2 Å². The number of imidazole rings is 1. The van der Waals surface area contributed by atoms with Crippen LogP contribution in [0.5, 0.6) is 5.75 Å². The van der Waals surface area contributed by atoms with Gasteiger partial charge in [-0.1, -0.05) is 11.8 Å². The largest absolute Gasteiger partial charge is 0.497 e. The van der Waals surface area contributed by atoms with Gasteiger partial charge in [0.1, 0.15) is 5.75 Å². The predicted molar refractivity (Wildman–Crippen MR) is 117 cm³/mol. The highest BCUT2D eigenvalue weighted by Gasteiger charge is 2.13. The Labute approximate surface area is 174 Å². The first-order chi connectivity index (χ1) is 14.2. The predicted octanol–water partition coefficient (Wildman–Crippen LogP) is 4.21. The number of amides is 1. The summed E-state index contributed by atoms with van der Waals surface area (Å²) >= 11 is 1.41. The molecular weight excluding hydrogens is 384 g/mol. The van der Waals surface area contributed by atoms with Crippen molar-refractivity contribution < 1.29 is 9.53 Å². The molecule has 3 aromatic rings. The molecule has 0 atom stereocenters. The van der Waals surface area contributed by atoms with Gasteiger partial charge in [-0.25, -0.2) is 4.98 Å². The first kappa shape index (κ1) is 19.4. The highest BCUT2D eigenvalue weighted by molar-refractivity contribution is 7.99. The zero-order valence-corrected chi connectivity index (χ0v) is 17.2. The lowest BCUT2D eigenvalue weighted by Crippen LogP contribution is -2.18. The van der Waals surface area contributed by atoms with Gasteiger partial charge in [0.25, 0.3) is 0 Å². The Balaban J connectivity index is 1.33. The van der Waals surface area contributed by atoms with Crippen LogP contribution in [-0.2, 0) is 4.79 Å². The molecule has 0 unspecified atom stereocenters. The molecule has 1 aromatic heterocycles. The standard InChI is InChI=1S/C22H24N4O2S/c1-28-20-10-8-19(9-11-20)26-15-12-23-22(26)29-16-21(27)24-17-4-6-18(7-5-17)25-13-2-3-14-25/h4-12,15H,2-3,13-14,16H2,1H3,(H,24,27). The number of benzene rings is 2. The van der Waals surface area contributed by atoms with Crippen LogP contribution in [-0.4, -0.2) is 41.4 Å². The Hall–Kier alpha value is -2.93. The first-order valence-corrected chi connectivity index (χ1v) is 10.7. The summed E-state index contributed by atoms with van der Waals surface area (Å²) in [6.45, 7) is 2.23.